The van der Waals surface area contributed by atoms with Gasteiger partial charge in [-0.1, -0.05) is 36.0 Å². The molecule has 0 spiro atoms. The van der Waals surface area contributed by atoms with Crippen molar-refractivity contribution in [3.05, 3.63) is 76.5 Å². The summed E-state index contributed by atoms with van der Waals surface area (Å²) in [6.07, 6.45) is 1.61. The summed E-state index contributed by atoms with van der Waals surface area (Å²) in [5, 5.41) is 8.02. The smallest absolute Gasteiger partial charge is 0.265 e. The minimum absolute atomic E-state index is 0.0927. The number of fused-ring (bicyclic) bond motifs is 2. The molecule has 0 radical (unpaired) electrons. The van der Waals surface area contributed by atoms with Gasteiger partial charge in [0.1, 0.15) is 11.2 Å². The van der Waals surface area contributed by atoms with Crippen LogP contribution in [0.3, 0.4) is 0 Å². The fourth-order valence-corrected chi connectivity index (χ4v) is 4.77. The van der Waals surface area contributed by atoms with Crippen molar-refractivity contribution in [2.24, 2.45) is 0 Å². The number of halogens is 1. The van der Waals surface area contributed by atoms with Gasteiger partial charge in [-0.3, -0.25) is 14.2 Å². The summed E-state index contributed by atoms with van der Waals surface area (Å²) in [6, 6.07) is 13.7. The van der Waals surface area contributed by atoms with E-state index in [-0.39, 0.29) is 29.7 Å². The first kappa shape index (κ1) is 19.5. The van der Waals surface area contributed by atoms with Crippen molar-refractivity contribution >= 4 is 34.4 Å². The lowest BCUT2D eigenvalue weighted by molar-refractivity contribution is -0.116. The largest absolute Gasteiger partial charge is 0.326 e. The second-order valence-corrected chi connectivity index (χ2v) is 8.37. The molecule has 0 bridgehead atoms. The van der Waals surface area contributed by atoms with Crippen LogP contribution < -0.4 is 10.9 Å². The molecule has 1 aliphatic heterocycles. The number of para-hydroxylation sites is 1. The zero-order chi connectivity index (χ0) is 21.5. The molecular formula is C22H18FN5O2S. The standard InChI is InChI=1S/C22H18FN5O2S/c1-13-7-8-14(9-18(13)23)25-19(29)10-16-12-31-22-26-20-17(21(30)27(16)22)11-24-28(20)15-5-3-2-4-6-15/h2-9,11,16H,10,12H2,1H3,(H,25,29)/t16-/m0/s1. The zero-order valence-corrected chi connectivity index (χ0v) is 17.4. The summed E-state index contributed by atoms with van der Waals surface area (Å²) < 4.78 is 17.0. The van der Waals surface area contributed by atoms with E-state index in [1.165, 1.54) is 24.0 Å². The Morgan fingerprint density at radius 2 is 2.06 bits per heavy atom. The predicted octanol–water partition coefficient (Wildman–Crippen LogP) is 3.71. The number of carbonyl (C=O) groups excluding carboxylic acids is 1. The van der Waals surface area contributed by atoms with E-state index in [9.17, 15) is 14.0 Å². The fourth-order valence-electron chi connectivity index (χ4n) is 3.64. The van der Waals surface area contributed by atoms with Crippen LogP contribution in [0.2, 0.25) is 0 Å². The van der Waals surface area contributed by atoms with Gasteiger partial charge in [-0.05, 0) is 36.8 Å². The van der Waals surface area contributed by atoms with Crippen molar-refractivity contribution in [1.29, 1.82) is 0 Å². The molecule has 1 atom stereocenters. The third kappa shape index (κ3) is 3.50. The Balaban J connectivity index is 1.43. The Hall–Kier alpha value is -3.46. The van der Waals surface area contributed by atoms with Crippen LogP contribution >= 0.6 is 11.8 Å². The number of aromatic nitrogens is 4. The van der Waals surface area contributed by atoms with Gasteiger partial charge in [-0.15, -0.1) is 0 Å². The molecular weight excluding hydrogens is 417 g/mol. The third-order valence-corrected chi connectivity index (χ3v) is 6.35. The minimum Gasteiger partial charge on any atom is -0.326 e. The van der Waals surface area contributed by atoms with Gasteiger partial charge in [0.25, 0.3) is 5.56 Å². The van der Waals surface area contributed by atoms with E-state index in [0.717, 1.165) is 5.69 Å². The number of anilines is 1. The van der Waals surface area contributed by atoms with Gasteiger partial charge in [-0.2, -0.15) is 5.10 Å². The van der Waals surface area contributed by atoms with Crippen molar-refractivity contribution in [2.45, 2.75) is 24.5 Å². The Labute approximate surface area is 180 Å². The third-order valence-electron chi connectivity index (χ3n) is 5.25. The Kier molecular flexibility index (Phi) is 4.82. The number of benzene rings is 2. The molecule has 3 heterocycles. The first-order valence-corrected chi connectivity index (χ1v) is 10.7. The summed E-state index contributed by atoms with van der Waals surface area (Å²) in [4.78, 5) is 30.4. The van der Waals surface area contributed by atoms with E-state index in [0.29, 0.717) is 33.2 Å². The van der Waals surface area contributed by atoms with Crippen LogP contribution in [0.4, 0.5) is 10.1 Å². The van der Waals surface area contributed by atoms with Crippen LogP contribution in [0.1, 0.15) is 18.0 Å². The summed E-state index contributed by atoms with van der Waals surface area (Å²) >= 11 is 1.44. The normalized spacial score (nSPS) is 15.2. The van der Waals surface area contributed by atoms with Gasteiger partial charge >= 0.3 is 0 Å². The number of hydrogen-bond donors (Lipinski definition) is 1. The van der Waals surface area contributed by atoms with Crippen molar-refractivity contribution in [3.63, 3.8) is 0 Å². The lowest BCUT2D eigenvalue weighted by atomic mass is 10.2. The molecule has 0 unspecified atom stereocenters. The number of rotatable bonds is 4. The number of aryl methyl sites for hydroxylation is 1. The van der Waals surface area contributed by atoms with Gasteiger partial charge in [0, 0.05) is 17.9 Å². The summed E-state index contributed by atoms with van der Waals surface area (Å²) in [5.74, 6) is -0.102. The van der Waals surface area contributed by atoms with Gasteiger partial charge in [0.2, 0.25) is 5.91 Å². The van der Waals surface area contributed by atoms with Gasteiger partial charge in [0.15, 0.2) is 10.8 Å². The highest BCUT2D eigenvalue weighted by Gasteiger charge is 2.29. The van der Waals surface area contributed by atoms with Crippen molar-refractivity contribution in [2.75, 3.05) is 11.1 Å². The quantitative estimate of drug-likeness (QED) is 0.494. The summed E-state index contributed by atoms with van der Waals surface area (Å²) in [7, 11) is 0. The van der Waals surface area contributed by atoms with Crippen molar-refractivity contribution < 1.29 is 9.18 Å². The monoisotopic (exact) mass is 435 g/mol. The minimum atomic E-state index is -0.377. The fraction of sp³-hybridized carbons (Fsp3) is 0.182. The SMILES string of the molecule is Cc1ccc(NC(=O)C[C@H]2CSc3nc4c(cnn4-c4ccccc4)c(=O)n32)cc1F. The summed E-state index contributed by atoms with van der Waals surface area (Å²) in [5.41, 5.74) is 2.00. The van der Waals surface area contributed by atoms with Crippen LogP contribution in [-0.4, -0.2) is 31.0 Å². The van der Waals surface area contributed by atoms with E-state index in [2.05, 4.69) is 15.4 Å². The van der Waals surface area contributed by atoms with Crippen LogP contribution in [0.25, 0.3) is 16.7 Å². The number of carbonyl (C=O) groups is 1. The first-order chi connectivity index (χ1) is 15.0. The molecule has 0 saturated heterocycles. The highest BCUT2D eigenvalue weighted by atomic mass is 32.2. The molecule has 1 aliphatic rings. The molecule has 1 N–H and O–H groups in total. The number of nitrogens with zero attached hydrogens (tertiary/aromatic N) is 4. The molecule has 156 valence electrons. The average molecular weight is 435 g/mol. The second kappa shape index (κ2) is 7.66. The highest BCUT2D eigenvalue weighted by Crippen LogP contribution is 2.33. The van der Waals surface area contributed by atoms with E-state index in [1.807, 2.05) is 30.3 Å². The molecule has 7 nitrogen and oxygen atoms in total. The lowest BCUT2D eigenvalue weighted by Gasteiger charge is -2.13. The first-order valence-electron chi connectivity index (χ1n) is 9.76. The second-order valence-electron chi connectivity index (χ2n) is 7.38. The zero-order valence-electron chi connectivity index (χ0n) is 16.6. The Morgan fingerprint density at radius 1 is 1.26 bits per heavy atom. The summed E-state index contributed by atoms with van der Waals surface area (Å²) in [6.45, 7) is 1.66. The molecule has 5 rings (SSSR count). The maximum atomic E-state index is 13.7. The van der Waals surface area contributed by atoms with Crippen molar-refractivity contribution in [1.82, 2.24) is 19.3 Å². The molecule has 0 fully saturated rings. The maximum absolute atomic E-state index is 13.7. The van der Waals surface area contributed by atoms with Crippen LogP contribution in [0, 0.1) is 12.7 Å². The molecule has 31 heavy (non-hydrogen) atoms. The molecule has 0 saturated carbocycles. The topological polar surface area (TPSA) is 81.8 Å². The number of nitrogens with one attached hydrogen (secondary N) is 1. The van der Waals surface area contributed by atoms with E-state index in [4.69, 9.17) is 0 Å². The molecule has 1 amide bonds. The molecule has 4 aromatic rings. The van der Waals surface area contributed by atoms with Crippen LogP contribution in [0.5, 0.6) is 0 Å². The van der Waals surface area contributed by atoms with Gasteiger partial charge in [-0.25, -0.2) is 14.1 Å². The molecule has 0 aliphatic carbocycles. The van der Waals surface area contributed by atoms with Crippen LogP contribution in [0.15, 0.2) is 64.7 Å². The van der Waals surface area contributed by atoms with Gasteiger partial charge in [0.05, 0.1) is 17.9 Å². The van der Waals surface area contributed by atoms with E-state index >= 15 is 0 Å². The molecule has 2 aromatic heterocycles. The Bertz CT molecular complexity index is 1370. The average Bonchev–Trinajstić information content (AvgIpc) is 3.36. The number of amides is 1. The van der Waals surface area contributed by atoms with Gasteiger partial charge < -0.3 is 5.32 Å². The molecule has 2 aromatic carbocycles. The maximum Gasteiger partial charge on any atom is 0.265 e. The Morgan fingerprint density at radius 3 is 2.84 bits per heavy atom. The lowest BCUT2D eigenvalue weighted by Crippen LogP contribution is -2.27. The highest BCUT2D eigenvalue weighted by molar-refractivity contribution is 7.99. The van der Waals surface area contributed by atoms with Crippen molar-refractivity contribution in [3.8, 4) is 5.69 Å². The van der Waals surface area contributed by atoms with E-state index in [1.54, 1.807) is 28.3 Å². The van der Waals surface area contributed by atoms with Crippen LogP contribution in [-0.2, 0) is 4.79 Å². The molecule has 9 heteroatoms. The number of thioether (sulfide) groups is 1. The van der Waals surface area contributed by atoms with E-state index < -0.39 is 0 Å². The number of hydrogen-bond acceptors (Lipinski definition) is 5. The predicted molar refractivity (Wildman–Crippen MR) is 117 cm³/mol.